The largest absolute Gasteiger partial charge is 0.376 e. The van der Waals surface area contributed by atoms with E-state index < -0.39 is 10.0 Å². The van der Waals surface area contributed by atoms with Gasteiger partial charge in [-0.3, -0.25) is 9.59 Å². The SMILES string of the molecule is O=C(CNc1ccccc1C(=O)Nc1ccccc1)Nc1ccc(S(=O)(=O)N2CCCCC2)cc1. The van der Waals surface area contributed by atoms with Crippen LogP contribution in [-0.2, 0) is 14.8 Å². The molecule has 182 valence electrons. The van der Waals surface area contributed by atoms with E-state index in [9.17, 15) is 18.0 Å². The van der Waals surface area contributed by atoms with Crippen LogP contribution in [-0.4, -0.2) is 44.2 Å². The van der Waals surface area contributed by atoms with E-state index >= 15 is 0 Å². The van der Waals surface area contributed by atoms with E-state index in [2.05, 4.69) is 16.0 Å². The number of carbonyl (C=O) groups excluding carboxylic acids is 2. The van der Waals surface area contributed by atoms with Gasteiger partial charge in [0, 0.05) is 30.2 Å². The van der Waals surface area contributed by atoms with Gasteiger partial charge in [-0.2, -0.15) is 4.31 Å². The summed E-state index contributed by atoms with van der Waals surface area (Å²) in [6.07, 6.45) is 2.79. The van der Waals surface area contributed by atoms with Crippen LogP contribution in [0.2, 0.25) is 0 Å². The second-order valence-corrected chi connectivity index (χ2v) is 10.2. The first-order chi connectivity index (χ1) is 16.9. The van der Waals surface area contributed by atoms with Crippen molar-refractivity contribution >= 4 is 38.9 Å². The summed E-state index contributed by atoms with van der Waals surface area (Å²) in [5, 5.41) is 8.59. The van der Waals surface area contributed by atoms with Gasteiger partial charge < -0.3 is 16.0 Å². The molecule has 0 unspecified atom stereocenters. The number of hydrogen-bond donors (Lipinski definition) is 3. The molecule has 8 nitrogen and oxygen atoms in total. The fourth-order valence-corrected chi connectivity index (χ4v) is 5.42. The zero-order chi connectivity index (χ0) is 24.7. The minimum absolute atomic E-state index is 0.0660. The first kappa shape index (κ1) is 24.4. The minimum Gasteiger partial charge on any atom is -0.376 e. The molecule has 35 heavy (non-hydrogen) atoms. The molecule has 9 heteroatoms. The van der Waals surface area contributed by atoms with Crippen molar-refractivity contribution in [3.8, 4) is 0 Å². The third-order valence-corrected chi connectivity index (χ3v) is 7.65. The Morgan fingerprint density at radius 1 is 0.743 bits per heavy atom. The summed E-state index contributed by atoms with van der Waals surface area (Å²) in [5.74, 6) is -0.611. The van der Waals surface area contributed by atoms with Gasteiger partial charge in [0.15, 0.2) is 0 Å². The van der Waals surface area contributed by atoms with Crippen LogP contribution in [0.3, 0.4) is 0 Å². The summed E-state index contributed by atoms with van der Waals surface area (Å²) in [6, 6.07) is 22.2. The van der Waals surface area contributed by atoms with E-state index in [1.807, 2.05) is 18.2 Å². The van der Waals surface area contributed by atoms with E-state index in [0.717, 1.165) is 19.3 Å². The first-order valence-corrected chi connectivity index (χ1v) is 13.0. The molecule has 0 bridgehead atoms. The normalized spacial score (nSPS) is 14.2. The van der Waals surface area contributed by atoms with E-state index in [-0.39, 0.29) is 23.3 Å². The van der Waals surface area contributed by atoms with Crippen molar-refractivity contribution in [1.82, 2.24) is 4.31 Å². The monoisotopic (exact) mass is 492 g/mol. The summed E-state index contributed by atoms with van der Waals surface area (Å²) < 4.78 is 27.1. The van der Waals surface area contributed by atoms with E-state index in [4.69, 9.17) is 0 Å². The Balaban J connectivity index is 1.35. The number of para-hydroxylation sites is 2. The van der Waals surface area contributed by atoms with Crippen LogP contribution in [0.25, 0.3) is 0 Å². The lowest BCUT2D eigenvalue weighted by atomic mass is 10.1. The molecule has 0 radical (unpaired) electrons. The molecular weight excluding hydrogens is 464 g/mol. The van der Waals surface area contributed by atoms with Gasteiger partial charge in [-0.15, -0.1) is 0 Å². The lowest BCUT2D eigenvalue weighted by molar-refractivity contribution is -0.114. The van der Waals surface area contributed by atoms with Crippen LogP contribution in [0.1, 0.15) is 29.6 Å². The van der Waals surface area contributed by atoms with Gasteiger partial charge in [-0.1, -0.05) is 36.8 Å². The predicted octanol–water partition coefficient (Wildman–Crippen LogP) is 4.16. The number of hydrogen-bond acceptors (Lipinski definition) is 5. The fourth-order valence-electron chi connectivity index (χ4n) is 3.90. The summed E-state index contributed by atoms with van der Waals surface area (Å²) in [7, 11) is -3.52. The number of carbonyl (C=O) groups is 2. The van der Waals surface area contributed by atoms with Gasteiger partial charge in [0.1, 0.15) is 0 Å². The van der Waals surface area contributed by atoms with Crippen LogP contribution in [0.15, 0.2) is 83.8 Å². The van der Waals surface area contributed by atoms with Gasteiger partial charge in [0.05, 0.1) is 17.0 Å². The van der Waals surface area contributed by atoms with Crippen LogP contribution in [0.5, 0.6) is 0 Å². The molecule has 3 N–H and O–H groups in total. The number of nitrogens with zero attached hydrogens (tertiary/aromatic N) is 1. The molecule has 0 saturated carbocycles. The van der Waals surface area contributed by atoms with Crippen molar-refractivity contribution in [2.75, 3.05) is 35.6 Å². The van der Waals surface area contributed by atoms with Gasteiger partial charge >= 0.3 is 0 Å². The average molecular weight is 493 g/mol. The van der Waals surface area contributed by atoms with E-state index in [1.165, 1.54) is 16.4 Å². The number of rotatable bonds is 8. The number of amides is 2. The number of benzene rings is 3. The maximum atomic E-state index is 12.8. The number of piperidine rings is 1. The maximum Gasteiger partial charge on any atom is 0.257 e. The molecule has 1 aliphatic rings. The molecule has 2 amide bonds. The summed E-state index contributed by atoms with van der Waals surface area (Å²) >= 11 is 0. The van der Waals surface area contributed by atoms with Crippen LogP contribution in [0, 0.1) is 0 Å². The molecule has 1 aliphatic heterocycles. The molecule has 1 fully saturated rings. The van der Waals surface area contributed by atoms with Gasteiger partial charge in [0.25, 0.3) is 5.91 Å². The van der Waals surface area contributed by atoms with E-state index in [0.29, 0.717) is 35.7 Å². The standard InChI is InChI=1S/C26H28N4O4S/c31-25(28-21-13-15-22(16-14-21)35(33,34)30-17-7-2-8-18-30)19-27-24-12-6-5-11-23(24)26(32)29-20-9-3-1-4-10-20/h1,3-6,9-16,27H,2,7-8,17-19H2,(H,28,31)(H,29,32). The number of anilines is 3. The quantitative estimate of drug-likeness (QED) is 0.438. The molecule has 1 saturated heterocycles. The highest BCUT2D eigenvalue weighted by atomic mass is 32.2. The second kappa shape index (κ2) is 11.2. The average Bonchev–Trinajstić information content (AvgIpc) is 2.89. The molecule has 0 atom stereocenters. The predicted molar refractivity (Wildman–Crippen MR) is 137 cm³/mol. The Bertz CT molecular complexity index is 1270. The summed E-state index contributed by atoms with van der Waals surface area (Å²) in [4.78, 5) is 25.4. The first-order valence-electron chi connectivity index (χ1n) is 11.5. The van der Waals surface area contributed by atoms with Crippen molar-refractivity contribution in [1.29, 1.82) is 0 Å². The van der Waals surface area contributed by atoms with Gasteiger partial charge in [-0.05, 0) is 61.4 Å². The molecule has 4 rings (SSSR count). The van der Waals surface area contributed by atoms with Crippen LogP contribution >= 0.6 is 0 Å². The highest BCUT2D eigenvalue weighted by molar-refractivity contribution is 7.89. The fraction of sp³-hybridized carbons (Fsp3) is 0.231. The molecular formula is C26H28N4O4S. The summed E-state index contributed by atoms with van der Waals surface area (Å²) in [6.45, 7) is 1.01. The van der Waals surface area contributed by atoms with Crippen molar-refractivity contribution in [3.05, 3.63) is 84.4 Å². The minimum atomic E-state index is -3.52. The Morgan fingerprint density at radius 2 is 1.37 bits per heavy atom. The zero-order valence-corrected chi connectivity index (χ0v) is 20.1. The van der Waals surface area contributed by atoms with Crippen LogP contribution in [0.4, 0.5) is 17.1 Å². The molecule has 3 aromatic carbocycles. The highest BCUT2D eigenvalue weighted by Gasteiger charge is 2.25. The Labute approximate surface area is 205 Å². The smallest absolute Gasteiger partial charge is 0.257 e. The zero-order valence-electron chi connectivity index (χ0n) is 19.2. The van der Waals surface area contributed by atoms with Gasteiger partial charge in [0.2, 0.25) is 15.9 Å². The molecule has 3 aromatic rings. The molecule has 0 aliphatic carbocycles. The topological polar surface area (TPSA) is 108 Å². The van der Waals surface area contributed by atoms with Crippen molar-refractivity contribution < 1.29 is 18.0 Å². The third-order valence-electron chi connectivity index (χ3n) is 5.73. The number of sulfonamides is 1. The van der Waals surface area contributed by atoms with Gasteiger partial charge in [-0.25, -0.2) is 8.42 Å². The summed E-state index contributed by atoms with van der Waals surface area (Å²) in [5.41, 5.74) is 2.11. The molecule has 1 heterocycles. The van der Waals surface area contributed by atoms with Crippen LogP contribution < -0.4 is 16.0 Å². The van der Waals surface area contributed by atoms with Crippen molar-refractivity contribution in [2.24, 2.45) is 0 Å². The van der Waals surface area contributed by atoms with Crippen molar-refractivity contribution in [3.63, 3.8) is 0 Å². The van der Waals surface area contributed by atoms with Crippen molar-refractivity contribution in [2.45, 2.75) is 24.2 Å². The highest BCUT2D eigenvalue weighted by Crippen LogP contribution is 2.22. The Morgan fingerprint density at radius 3 is 2.09 bits per heavy atom. The Hall–Kier alpha value is -3.69. The van der Waals surface area contributed by atoms with E-state index in [1.54, 1.807) is 48.5 Å². The lowest BCUT2D eigenvalue weighted by Crippen LogP contribution is -2.35. The molecule has 0 aromatic heterocycles. The third kappa shape index (κ3) is 6.26. The number of nitrogens with one attached hydrogen (secondary N) is 3. The lowest BCUT2D eigenvalue weighted by Gasteiger charge is -2.25. The maximum absolute atomic E-state index is 12.8. The second-order valence-electron chi connectivity index (χ2n) is 8.26. The Kier molecular flexibility index (Phi) is 7.79. The molecule has 0 spiro atoms.